The average Bonchev–Trinajstić information content (AvgIpc) is 3.15. The smallest absolute Gasteiger partial charge is 0.337 e. The molecule has 2 heterocycles. The first-order valence-corrected chi connectivity index (χ1v) is 9.92. The lowest BCUT2D eigenvalue weighted by Crippen LogP contribution is -2.46. The molecular weight excluding hydrogens is 350 g/mol. The van der Waals surface area contributed by atoms with Gasteiger partial charge in [-0.2, -0.15) is 0 Å². The van der Waals surface area contributed by atoms with Gasteiger partial charge >= 0.3 is 5.97 Å². The van der Waals surface area contributed by atoms with Gasteiger partial charge in [0.2, 0.25) is 0 Å². The van der Waals surface area contributed by atoms with Crippen molar-refractivity contribution in [3.63, 3.8) is 0 Å². The predicted molar refractivity (Wildman–Crippen MR) is 111 cm³/mol. The topological polar surface area (TPSA) is 66.2 Å². The number of piperidine rings is 1. The monoisotopic (exact) mass is 377 g/mol. The van der Waals surface area contributed by atoms with Gasteiger partial charge in [-0.25, -0.2) is 4.79 Å². The summed E-state index contributed by atoms with van der Waals surface area (Å²) in [7, 11) is 1.40. The number of hydrogen-bond donors (Lipinski definition) is 3. The van der Waals surface area contributed by atoms with E-state index < -0.39 is 0 Å². The summed E-state index contributed by atoms with van der Waals surface area (Å²) in [6.45, 7) is 1.87. The first-order chi connectivity index (χ1) is 13.7. The Morgan fingerprint density at radius 3 is 2.89 bits per heavy atom. The maximum Gasteiger partial charge on any atom is 0.337 e. The second-order valence-electron chi connectivity index (χ2n) is 7.51. The Labute approximate surface area is 165 Å². The number of methoxy groups -OCH3 is 1. The Hall–Kier alpha value is -2.63. The van der Waals surface area contributed by atoms with Gasteiger partial charge in [-0.3, -0.25) is 0 Å². The van der Waals surface area contributed by atoms with Crippen molar-refractivity contribution >= 4 is 16.9 Å². The van der Waals surface area contributed by atoms with Gasteiger partial charge in [0, 0.05) is 35.7 Å². The van der Waals surface area contributed by atoms with Crippen molar-refractivity contribution in [3.05, 3.63) is 71.4 Å². The Morgan fingerprint density at radius 2 is 2.07 bits per heavy atom. The fraction of sp³-hybridized carbons (Fsp3) is 0.348. The molecule has 0 radical (unpaired) electrons. The van der Waals surface area contributed by atoms with Gasteiger partial charge in [0.1, 0.15) is 0 Å². The van der Waals surface area contributed by atoms with E-state index in [-0.39, 0.29) is 5.97 Å². The van der Waals surface area contributed by atoms with Crippen molar-refractivity contribution in [1.82, 2.24) is 15.6 Å². The summed E-state index contributed by atoms with van der Waals surface area (Å²) in [5.41, 5.74) is 4.15. The summed E-state index contributed by atoms with van der Waals surface area (Å²) in [4.78, 5) is 15.0. The standard InChI is InChI=1S/C23H27N3O2/c1-28-23(27)17-7-8-21-18(15-26-22(21)12-17)14-25-19-9-10-24-20(13-19)11-16-5-3-2-4-6-16/h2-8,12,15,19-20,24-26H,9-11,13-14H2,1H3/t19-,20+/m0/s1. The number of benzene rings is 2. The Kier molecular flexibility index (Phi) is 5.74. The highest BCUT2D eigenvalue weighted by molar-refractivity contribution is 5.95. The fourth-order valence-corrected chi connectivity index (χ4v) is 4.08. The van der Waals surface area contributed by atoms with Crippen molar-refractivity contribution in [2.75, 3.05) is 13.7 Å². The van der Waals surface area contributed by atoms with Crippen LogP contribution in [0.3, 0.4) is 0 Å². The van der Waals surface area contributed by atoms with Crippen LogP contribution in [0.4, 0.5) is 0 Å². The highest BCUT2D eigenvalue weighted by Gasteiger charge is 2.21. The number of aromatic amines is 1. The van der Waals surface area contributed by atoms with Crippen LogP contribution in [0.5, 0.6) is 0 Å². The van der Waals surface area contributed by atoms with Crippen molar-refractivity contribution in [2.45, 2.75) is 37.9 Å². The number of ether oxygens (including phenoxy) is 1. The molecule has 4 rings (SSSR count). The van der Waals surface area contributed by atoms with Crippen molar-refractivity contribution in [3.8, 4) is 0 Å². The maximum absolute atomic E-state index is 11.7. The summed E-state index contributed by atoms with van der Waals surface area (Å²) >= 11 is 0. The molecule has 2 atom stereocenters. The molecule has 1 aliphatic heterocycles. The zero-order chi connectivity index (χ0) is 19.3. The number of esters is 1. The highest BCUT2D eigenvalue weighted by atomic mass is 16.5. The third-order valence-corrected chi connectivity index (χ3v) is 5.59. The maximum atomic E-state index is 11.7. The number of H-pyrrole nitrogens is 1. The van der Waals surface area contributed by atoms with E-state index in [4.69, 9.17) is 4.74 Å². The van der Waals surface area contributed by atoms with Gasteiger partial charge in [0.25, 0.3) is 0 Å². The van der Waals surface area contributed by atoms with E-state index in [0.29, 0.717) is 17.6 Å². The van der Waals surface area contributed by atoms with Crippen LogP contribution in [0, 0.1) is 0 Å². The molecule has 28 heavy (non-hydrogen) atoms. The lowest BCUT2D eigenvalue weighted by molar-refractivity contribution is 0.0601. The SMILES string of the molecule is COC(=O)c1ccc2c(CN[C@H]3CCN[C@H](Cc4ccccc4)C3)c[nH]c2c1. The molecule has 1 fully saturated rings. The van der Waals surface area contributed by atoms with E-state index in [9.17, 15) is 4.79 Å². The quantitative estimate of drug-likeness (QED) is 0.576. The summed E-state index contributed by atoms with van der Waals surface area (Å²) in [6, 6.07) is 17.4. The molecule has 1 aliphatic rings. The average molecular weight is 377 g/mol. The second-order valence-corrected chi connectivity index (χ2v) is 7.51. The number of aromatic nitrogens is 1. The van der Waals surface area contributed by atoms with E-state index in [1.807, 2.05) is 24.4 Å². The van der Waals surface area contributed by atoms with Gasteiger partial charge in [-0.05, 0) is 49.1 Å². The van der Waals surface area contributed by atoms with E-state index >= 15 is 0 Å². The van der Waals surface area contributed by atoms with Gasteiger partial charge in [-0.1, -0.05) is 36.4 Å². The van der Waals surface area contributed by atoms with E-state index in [2.05, 4.69) is 45.9 Å². The number of carbonyl (C=O) groups is 1. The number of carbonyl (C=O) groups excluding carboxylic acids is 1. The minimum atomic E-state index is -0.310. The molecule has 146 valence electrons. The number of fused-ring (bicyclic) bond motifs is 1. The second kappa shape index (κ2) is 8.59. The first-order valence-electron chi connectivity index (χ1n) is 9.92. The van der Waals surface area contributed by atoms with E-state index in [1.54, 1.807) is 0 Å². The molecular formula is C23H27N3O2. The molecule has 5 nitrogen and oxygen atoms in total. The summed E-state index contributed by atoms with van der Waals surface area (Å²) in [5, 5.41) is 8.53. The van der Waals surface area contributed by atoms with Crippen LogP contribution in [0.15, 0.2) is 54.7 Å². The zero-order valence-corrected chi connectivity index (χ0v) is 16.2. The molecule has 3 aromatic rings. The van der Waals surface area contributed by atoms with Crippen LogP contribution >= 0.6 is 0 Å². The Morgan fingerprint density at radius 1 is 1.21 bits per heavy atom. The number of rotatable bonds is 6. The summed E-state index contributed by atoms with van der Waals surface area (Å²) in [6.07, 6.45) is 5.37. The number of nitrogens with one attached hydrogen (secondary N) is 3. The molecule has 2 aromatic carbocycles. The molecule has 1 saturated heterocycles. The van der Waals surface area contributed by atoms with Crippen LogP contribution in [-0.2, 0) is 17.7 Å². The first kappa shape index (κ1) is 18.7. The summed E-state index contributed by atoms with van der Waals surface area (Å²) < 4.78 is 4.80. The molecule has 0 aliphatic carbocycles. The van der Waals surface area contributed by atoms with Crippen molar-refractivity contribution in [2.24, 2.45) is 0 Å². The lowest BCUT2D eigenvalue weighted by Gasteiger charge is -2.31. The molecule has 0 amide bonds. The van der Waals surface area contributed by atoms with E-state index in [0.717, 1.165) is 43.3 Å². The zero-order valence-electron chi connectivity index (χ0n) is 16.2. The van der Waals surface area contributed by atoms with E-state index in [1.165, 1.54) is 18.2 Å². The largest absolute Gasteiger partial charge is 0.465 e. The van der Waals surface area contributed by atoms with Crippen LogP contribution in [-0.4, -0.2) is 36.7 Å². The molecule has 0 bridgehead atoms. The van der Waals surface area contributed by atoms with Crippen molar-refractivity contribution < 1.29 is 9.53 Å². The Bertz CT molecular complexity index is 935. The van der Waals surface area contributed by atoms with Crippen LogP contribution < -0.4 is 10.6 Å². The summed E-state index contributed by atoms with van der Waals surface area (Å²) in [5.74, 6) is -0.310. The van der Waals surface area contributed by atoms with Crippen molar-refractivity contribution in [1.29, 1.82) is 0 Å². The lowest BCUT2D eigenvalue weighted by atomic mass is 9.94. The fourth-order valence-electron chi connectivity index (χ4n) is 4.08. The van der Waals surface area contributed by atoms with Gasteiger partial charge in [0.05, 0.1) is 12.7 Å². The minimum Gasteiger partial charge on any atom is -0.465 e. The molecule has 5 heteroatoms. The predicted octanol–water partition coefficient (Wildman–Crippen LogP) is 3.41. The third kappa shape index (κ3) is 4.26. The van der Waals surface area contributed by atoms with Crippen LogP contribution in [0.2, 0.25) is 0 Å². The van der Waals surface area contributed by atoms with Gasteiger partial charge in [-0.15, -0.1) is 0 Å². The van der Waals surface area contributed by atoms with Crippen LogP contribution in [0.25, 0.3) is 10.9 Å². The third-order valence-electron chi connectivity index (χ3n) is 5.59. The molecule has 0 spiro atoms. The molecule has 0 saturated carbocycles. The molecule has 1 aromatic heterocycles. The minimum absolute atomic E-state index is 0.310. The highest BCUT2D eigenvalue weighted by Crippen LogP contribution is 2.21. The van der Waals surface area contributed by atoms with Gasteiger partial charge < -0.3 is 20.4 Å². The Balaban J connectivity index is 1.36. The number of hydrogen-bond acceptors (Lipinski definition) is 4. The van der Waals surface area contributed by atoms with Gasteiger partial charge in [0.15, 0.2) is 0 Å². The molecule has 3 N–H and O–H groups in total. The normalized spacial score (nSPS) is 19.6. The van der Waals surface area contributed by atoms with Crippen LogP contribution in [0.1, 0.15) is 34.3 Å². The molecule has 0 unspecified atom stereocenters.